The van der Waals surface area contributed by atoms with E-state index < -0.39 is 0 Å². The van der Waals surface area contributed by atoms with Crippen molar-refractivity contribution in [3.63, 3.8) is 0 Å². The summed E-state index contributed by atoms with van der Waals surface area (Å²) >= 11 is 6.05. The highest BCUT2D eigenvalue weighted by Crippen LogP contribution is 2.38. The first kappa shape index (κ1) is 12.8. The molecule has 2 atom stereocenters. The molecule has 1 amide bonds. The van der Waals surface area contributed by atoms with Crippen molar-refractivity contribution < 1.29 is 4.79 Å². The topological polar surface area (TPSA) is 32.3 Å². The molecular weight excluding hydrogens is 260 g/mol. The average Bonchev–Trinajstić information content (AvgIpc) is 3.02. The monoisotopic (exact) mass is 278 g/mol. The number of hydrogen-bond acceptors (Lipinski definition) is 2. The number of anilines is 1. The van der Waals surface area contributed by atoms with Crippen LogP contribution in [0.15, 0.2) is 18.2 Å². The van der Waals surface area contributed by atoms with E-state index in [2.05, 4.69) is 5.32 Å². The fourth-order valence-corrected chi connectivity index (χ4v) is 3.54. The highest BCUT2D eigenvalue weighted by molar-refractivity contribution is 6.31. The molecular formula is C15H19ClN2O. The van der Waals surface area contributed by atoms with Crippen molar-refractivity contribution in [2.24, 2.45) is 5.92 Å². The molecule has 2 bridgehead atoms. The van der Waals surface area contributed by atoms with E-state index in [-0.39, 0.29) is 5.91 Å². The molecule has 4 heteroatoms. The van der Waals surface area contributed by atoms with E-state index in [1.54, 1.807) is 6.07 Å². The maximum atomic E-state index is 12.7. The Hall–Kier alpha value is -1.22. The van der Waals surface area contributed by atoms with Crippen LogP contribution in [0.5, 0.6) is 0 Å². The van der Waals surface area contributed by atoms with Crippen LogP contribution in [0.2, 0.25) is 5.02 Å². The standard InChI is InChI=1S/C15H19ClN2O/c1-2-17-14-6-4-11(16)8-13(14)15(19)18-9-10-3-5-12(18)7-10/h4,6,8,10,12,17H,2-3,5,7,9H2,1H3. The summed E-state index contributed by atoms with van der Waals surface area (Å²) in [6.07, 6.45) is 3.63. The molecule has 1 saturated heterocycles. The van der Waals surface area contributed by atoms with Crippen molar-refractivity contribution in [3.05, 3.63) is 28.8 Å². The van der Waals surface area contributed by atoms with Gasteiger partial charge in [0, 0.05) is 29.8 Å². The zero-order chi connectivity index (χ0) is 13.4. The van der Waals surface area contributed by atoms with E-state index in [9.17, 15) is 4.79 Å². The second kappa shape index (κ2) is 5.04. The second-order valence-corrected chi connectivity index (χ2v) is 5.95. The summed E-state index contributed by atoms with van der Waals surface area (Å²) in [6.45, 7) is 3.75. The summed E-state index contributed by atoms with van der Waals surface area (Å²) in [7, 11) is 0. The summed E-state index contributed by atoms with van der Waals surface area (Å²) in [5, 5.41) is 3.87. The molecule has 19 heavy (non-hydrogen) atoms. The van der Waals surface area contributed by atoms with E-state index in [1.165, 1.54) is 12.8 Å². The van der Waals surface area contributed by atoms with Gasteiger partial charge in [0.1, 0.15) is 0 Å². The first-order valence-electron chi connectivity index (χ1n) is 7.03. The van der Waals surface area contributed by atoms with Crippen molar-refractivity contribution >= 4 is 23.2 Å². The van der Waals surface area contributed by atoms with Crippen LogP contribution in [0, 0.1) is 5.92 Å². The summed E-state index contributed by atoms with van der Waals surface area (Å²) in [6, 6.07) is 5.96. The van der Waals surface area contributed by atoms with E-state index in [4.69, 9.17) is 11.6 Å². The SMILES string of the molecule is CCNc1ccc(Cl)cc1C(=O)N1CC2CCC1C2. The van der Waals surface area contributed by atoms with E-state index >= 15 is 0 Å². The molecule has 1 N–H and O–H groups in total. The van der Waals surface area contributed by atoms with E-state index in [1.807, 2.05) is 24.0 Å². The van der Waals surface area contributed by atoms with Crippen LogP contribution in [0.25, 0.3) is 0 Å². The Bertz CT molecular complexity index is 503. The fraction of sp³-hybridized carbons (Fsp3) is 0.533. The van der Waals surface area contributed by atoms with Gasteiger partial charge < -0.3 is 10.2 Å². The molecule has 1 aliphatic heterocycles. The lowest BCUT2D eigenvalue weighted by molar-refractivity contribution is 0.0704. The second-order valence-electron chi connectivity index (χ2n) is 5.51. The number of likely N-dealkylation sites (tertiary alicyclic amines) is 1. The Morgan fingerprint density at radius 3 is 2.95 bits per heavy atom. The lowest BCUT2D eigenvalue weighted by atomic mass is 10.1. The number of hydrogen-bond donors (Lipinski definition) is 1. The highest BCUT2D eigenvalue weighted by atomic mass is 35.5. The van der Waals surface area contributed by atoms with Gasteiger partial charge in [-0.2, -0.15) is 0 Å². The average molecular weight is 279 g/mol. The van der Waals surface area contributed by atoms with Crippen molar-refractivity contribution in [2.45, 2.75) is 32.2 Å². The van der Waals surface area contributed by atoms with E-state index in [0.29, 0.717) is 16.6 Å². The quantitative estimate of drug-likeness (QED) is 0.919. The minimum Gasteiger partial charge on any atom is -0.385 e. The number of piperidine rings is 1. The maximum Gasteiger partial charge on any atom is 0.256 e. The van der Waals surface area contributed by atoms with Gasteiger partial charge in [0.15, 0.2) is 0 Å². The van der Waals surface area contributed by atoms with Gasteiger partial charge in [-0.15, -0.1) is 0 Å². The normalized spacial score (nSPS) is 24.8. The lowest BCUT2D eigenvalue weighted by Crippen LogP contribution is -2.38. The van der Waals surface area contributed by atoms with Crippen LogP contribution in [0.4, 0.5) is 5.69 Å². The maximum absolute atomic E-state index is 12.7. The molecule has 1 heterocycles. The van der Waals surface area contributed by atoms with Crippen molar-refractivity contribution in [3.8, 4) is 0 Å². The summed E-state index contributed by atoms with van der Waals surface area (Å²) in [5.74, 6) is 0.848. The van der Waals surface area contributed by atoms with Crippen LogP contribution in [0.3, 0.4) is 0 Å². The molecule has 102 valence electrons. The van der Waals surface area contributed by atoms with Gasteiger partial charge in [0.05, 0.1) is 5.56 Å². The van der Waals surface area contributed by atoms with Crippen molar-refractivity contribution in [1.82, 2.24) is 4.90 Å². The molecule has 3 nitrogen and oxygen atoms in total. The predicted octanol–water partition coefficient (Wildman–Crippen LogP) is 3.40. The van der Waals surface area contributed by atoms with Crippen molar-refractivity contribution in [2.75, 3.05) is 18.4 Å². The fourth-order valence-electron chi connectivity index (χ4n) is 3.37. The first-order chi connectivity index (χ1) is 9.19. The Labute approximate surface area is 118 Å². The Morgan fingerprint density at radius 1 is 1.47 bits per heavy atom. The number of amides is 1. The summed E-state index contributed by atoms with van der Waals surface area (Å²) in [4.78, 5) is 14.8. The van der Waals surface area contributed by atoms with Gasteiger partial charge >= 0.3 is 0 Å². The molecule has 1 aromatic carbocycles. The Morgan fingerprint density at radius 2 is 2.32 bits per heavy atom. The van der Waals surface area contributed by atoms with Gasteiger partial charge in [-0.05, 0) is 50.3 Å². The highest BCUT2D eigenvalue weighted by Gasteiger charge is 2.40. The third kappa shape index (κ3) is 2.32. The third-order valence-electron chi connectivity index (χ3n) is 4.25. The number of carbonyl (C=O) groups excluding carboxylic acids is 1. The molecule has 0 spiro atoms. The zero-order valence-electron chi connectivity index (χ0n) is 11.2. The molecule has 3 rings (SSSR count). The van der Waals surface area contributed by atoms with Gasteiger partial charge in [-0.25, -0.2) is 0 Å². The number of rotatable bonds is 3. The summed E-state index contributed by atoms with van der Waals surface area (Å²) < 4.78 is 0. The largest absolute Gasteiger partial charge is 0.385 e. The number of carbonyl (C=O) groups is 1. The van der Waals surface area contributed by atoms with Crippen LogP contribution in [0.1, 0.15) is 36.5 Å². The zero-order valence-corrected chi connectivity index (χ0v) is 11.9. The first-order valence-corrected chi connectivity index (χ1v) is 7.41. The number of nitrogens with zero attached hydrogens (tertiary/aromatic N) is 1. The summed E-state index contributed by atoms with van der Waals surface area (Å²) in [5.41, 5.74) is 1.60. The lowest BCUT2D eigenvalue weighted by Gasteiger charge is -2.28. The number of nitrogens with one attached hydrogen (secondary N) is 1. The van der Waals surface area contributed by atoms with Crippen LogP contribution in [-0.4, -0.2) is 29.9 Å². The van der Waals surface area contributed by atoms with Crippen LogP contribution < -0.4 is 5.32 Å². The van der Waals surface area contributed by atoms with Crippen molar-refractivity contribution in [1.29, 1.82) is 0 Å². The smallest absolute Gasteiger partial charge is 0.256 e. The molecule has 2 fully saturated rings. The molecule has 2 unspecified atom stereocenters. The van der Waals surface area contributed by atoms with Gasteiger partial charge in [0.2, 0.25) is 0 Å². The molecule has 0 radical (unpaired) electrons. The molecule has 1 aliphatic carbocycles. The molecule has 0 aromatic heterocycles. The van der Waals surface area contributed by atoms with E-state index in [0.717, 1.165) is 31.1 Å². The molecule has 2 aliphatic rings. The van der Waals surface area contributed by atoms with Gasteiger partial charge in [0.25, 0.3) is 5.91 Å². The molecule has 1 saturated carbocycles. The number of halogens is 1. The Kier molecular flexibility index (Phi) is 3.40. The number of benzene rings is 1. The predicted molar refractivity (Wildman–Crippen MR) is 77.8 cm³/mol. The minimum absolute atomic E-state index is 0.130. The van der Waals surface area contributed by atoms with Crippen LogP contribution >= 0.6 is 11.6 Å². The third-order valence-corrected chi connectivity index (χ3v) is 4.48. The van der Waals surface area contributed by atoms with Crippen LogP contribution in [-0.2, 0) is 0 Å². The minimum atomic E-state index is 0.130. The van der Waals surface area contributed by atoms with Gasteiger partial charge in [-0.1, -0.05) is 11.6 Å². The Balaban J connectivity index is 1.88. The number of fused-ring (bicyclic) bond motifs is 2. The van der Waals surface area contributed by atoms with Gasteiger partial charge in [-0.3, -0.25) is 4.79 Å². The molecule has 1 aromatic rings.